The Morgan fingerprint density at radius 2 is 1.57 bits per heavy atom. The molecule has 194 valence electrons. The predicted octanol–water partition coefficient (Wildman–Crippen LogP) is 2.50. The molecular formula is C22H27BrClNO10. The highest BCUT2D eigenvalue weighted by Crippen LogP contribution is 2.39. The van der Waals surface area contributed by atoms with Crippen LogP contribution in [0.3, 0.4) is 0 Å². The number of benzene rings is 1. The van der Waals surface area contributed by atoms with Gasteiger partial charge in [0.25, 0.3) is 0 Å². The number of nitrogens with one attached hydrogen (secondary N) is 1. The second kappa shape index (κ2) is 12.0. The molecule has 0 aliphatic carbocycles. The second-order valence-electron chi connectivity index (χ2n) is 7.65. The molecule has 6 atom stereocenters. The summed E-state index contributed by atoms with van der Waals surface area (Å²) in [5.74, 6) is -2.79. The highest BCUT2D eigenvalue weighted by Gasteiger charge is 2.63. The zero-order valence-corrected chi connectivity index (χ0v) is 22.3. The smallest absolute Gasteiger partial charge is 0.303 e. The SMILES string of the molecule is CN[C@]1([C@H](C)OC(C)=O)O[C@H](Oc2ccc(Br)cc2Cl)[C@@H](OC(C)=O)[C@@H](OC(C)=O)[C@@H]1OC(C)=O. The molecule has 1 aromatic rings. The summed E-state index contributed by atoms with van der Waals surface area (Å²) in [4.78, 5) is 47.9. The highest BCUT2D eigenvalue weighted by molar-refractivity contribution is 9.10. The van der Waals surface area contributed by atoms with Crippen LogP contribution in [0.15, 0.2) is 22.7 Å². The van der Waals surface area contributed by atoms with Gasteiger partial charge in [0.2, 0.25) is 18.1 Å². The molecule has 0 radical (unpaired) electrons. The summed E-state index contributed by atoms with van der Waals surface area (Å²) in [7, 11) is 1.46. The fraction of sp³-hybridized carbons (Fsp3) is 0.545. The van der Waals surface area contributed by atoms with Crippen molar-refractivity contribution in [3.63, 3.8) is 0 Å². The van der Waals surface area contributed by atoms with Gasteiger partial charge >= 0.3 is 23.9 Å². The van der Waals surface area contributed by atoms with Gasteiger partial charge in [-0.2, -0.15) is 0 Å². The summed E-state index contributed by atoms with van der Waals surface area (Å²) in [6.07, 6.45) is -6.85. The summed E-state index contributed by atoms with van der Waals surface area (Å²) < 4.78 is 34.6. The average molecular weight is 581 g/mol. The number of halogens is 2. The third-order valence-corrected chi connectivity index (χ3v) is 5.78. The number of hydrogen-bond donors (Lipinski definition) is 1. The molecule has 0 aromatic heterocycles. The molecular weight excluding hydrogens is 554 g/mol. The van der Waals surface area contributed by atoms with Crippen LogP contribution in [0.2, 0.25) is 5.02 Å². The van der Waals surface area contributed by atoms with E-state index >= 15 is 0 Å². The summed E-state index contributed by atoms with van der Waals surface area (Å²) in [5.41, 5.74) is -1.80. The van der Waals surface area contributed by atoms with Crippen molar-refractivity contribution >= 4 is 51.4 Å². The van der Waals surface area contributed by atoms with Crippen molar-refractivity contribution in [3.05, 3.63) is 27.7 Å². The van der Waals surface area contributed by atoms with E-state index in [0.29, 0.717) is 4.47 Å². The summed E-state index contributed by atoms with van der Waals surface area (Å²) in [6, 6.07) is 4.76. The van der Waals surface area contributed by atoms with Crippen LogP contribution < -0.4 is 10.1 Å². The summed E-state index contributed by atoms with van der Waals surface area (Å²) in [6.45, 7) is 6.06. The second-order valence-corrected chi connectivity index (χ2v) is 8.97. The minimum Gasteiger partial charge on any atom is -0.459 e. The number of carbonyl (C=O) groups excluding carboxylic acids is 4. The van der Waals surface area contributed by atoms with E-state index in [2.05, 4.69) is 21.2 Å². The molecule has 0 bridgehead atoms. The Labute approximate surface area is 215 Å². The average Bonchev–Trinajstić information content (AvgIpc) is 2.72. The van der Waals surface area contributed by atoms with Crippen molar-refractivity contribution in [2.45, 2.75) is 71.0 Å². The van der Waals surface area contributed by atoms with E-state index < -0.39 is 60.3 Å². The first kappa shape index (κ1) is 28.8. The van der Waals surface area contributed by atoms with Crippen LogP contribution in [-0.2, 0) is 42.9 Å². The van der Waals surface area contributed by atoms with Gasteiger partial charge in [0.15, 0.2) is 12.2 Å². The van der Waals surface area contributed by atoms with Crippen molar-refractivity contribution in [2.75, 3.05) is 7.05 Å². The molecule has 1 saturated heterocycles. The van der Waals surface area contributed by atoms with E-state index in [-0.39, 0.29) is 10.8 Å². The van der Waals surface area contributed by atoms with Crippen molar-refractivity contribution in [3.8, 4) is 5.75 Å². The van der Waals surface area contributed by atoms with Crippen LogP contribution in [0.4, 0.5) is 0 Å². The van der Waals surface area contributed by atoms with E-state index in [1.807, 2.05) is 0 Å². The van der Waals surface area contributed by atoms with Crippen LogP contribution in [0.25, 0.3) is 0 Å². The lowest BCUT2D eigenvalue weighted by Crippen LogP contribution is -2.76. The van der Waals surface area contributed by atoms with Gasteiger partial charge in [-0.05, 0) is 32.2 Å². The third kappa shape index (κ3) is 7.06. The molecule has 11 nitrogen and oxygen atoms in total. The highest BCUT2D eigenvalue weighted by atomic mass is 79.9. The maximum atomic E-state index is 12.1. The normalized spacial score (nSPS) is 26.7. The van der Waals surface area contributed by atoms with Crippen molar-refractivity contribution in [2.24, 2.45) is 0 Å². The van der Waals surface area contributed by atoms with E-state index in [4.69, 9.17) is 40.0 Å². The van der Waals surface area contributed by atoms with Gasteiger partial charge in [-0.1, -0.05) is 27.5 Å². The van der Waals surface area contributed by atoms with Crippen LogP contribution in [0.5, 0.6) is 5.75 Å². The van der Waals surface area contributed by atoms with Gasteiger partial charge in [-0.25, -0.2) is 0 Å². The van der Waals surface area contributed by atoms with E-state index in [1.165, 1.54) is 27.0 Å². The van der Waals surface area contributed by atoms with Crippen LogP contribution in [0, 0.1) is 0 Å². The molecule has 1 fully saturated rings. The Kier molecular flexibility index (Phi) is 9.90. The van der Waals surface area contributed by atoms with Crippen molar-refractivity contribution in [1.29, 1.82) is 0 Å². The Morgan fingerprint density at radius 1 is 1.00 bits per heavy atom. The molecule has 0 spiro atoms. The molecule has 0 amide bonds. The molecule has 0 saturated carbocycles. The maximum Gasteiger partial charge on any atom is 0.303 e. The van der Waals surface area contributed by atoms with Crippen molar-refractivity contribution < 1.29 is 47.6 Å². The van der Waals surface area contributed by atoms with E-state index in [0.717, 1.165) is 20.8 Å². The quantitative estimate of drug-likeness (QED) is 0.359. The summed E-state index contributed by atoms with van der Waals surface area (Å²) >= 11 is 9.60. The van der Waals surface area contributed by atoms with Gasteiger partial charge in [-0.3, -0.25) is 24.5 Å². The molecule has 1 aliphatic heterocycles. The zero-order valence-electron chi connectivity index (χ0n) is 20.0. The monoisotopic (exact) mass is 579 g/mol. The first-order valence-electron chi connectivity index (χ1n) is 10.5. The molecule has 35 heavy (non-hydrogen) atoms. The Bertz CT molecular complexity index is 976. The van der Waals surface area contributed by atoms with Gasteiger partial charge in [0.1, 0.15) is 11.9 Å². The minimum absolute atomic E-state index is 0.148. The van der Waals surface area contributed by atoms with Crippen LogP contribution >= 0.6 is 27.5 Å². The molecule has 2 rings (SSSR count). The number of esters is 4. The molecule has 1 aromatic carbocycles. The van der Waals surface area contributed by atoms with Gasteiger partial charge in [-0.15, -0.1) is 0 Å². The number of rotatable bonds is 8. The zero-order chi connectivity index (χ0) is 26.5. The third-order valence-electron chi connectivity index (χ3n) is 5.00. The Balaban J connectivity index is 2.69. The molecule has 0 unspecified atom stereocenters. The summed E-state index contributed by atoms with van der Waals surface area (Å²) in [5, 5.41) is 3.06. The number of hydrogen-bond acceptors (Lipinski definition) is 11. The van der Waals surface area contributed by atoms with Crippen LogP contribution in [-0.4, -0.2) is 67.4 Å². The fourth-order valence-electron chi connectivity index (χ4n) is 3.72. The standard InChI is InChI=1S/C22H27BrClNO10/c1-10(30-11(2)26)22(25-6)20(33-14(5)29)18(31-12(3)27)19(32-13(4)28)21(35-22)34-17-8-7-15(23)9-16(17)24/h7-10,18-21,25H,1-6H3/t10-,18+,19-,20-,21-,22+/m0/s1. The molecule has 1 heterocycles. The predicted molar refractivity (Wildman–Crippen MR) is 124 cm³/mol. The topological polar surface area (TPSA) is 136 Å². The maximum absolute atomic E-state index is 12.1. The van der Waals surface area contributed by atoms with Gasteiger partial charge < -0.3 is 28.4 Å². The molecule has 1 aliphatic rings. The number of likely N-dealkylation sites (N-methyl/N-ethyl adjacent to an activating group) is 1. The Morgan fingerprint density at radius 3 is 2.06 bits per heavy atom. The lowest BCUT2D eigenvalue weighted by atomic mass is 9.88. The first-order chi connectivity index (χ1) is 16.3. The number of carbonyl (C=O) groups is 4. The fourth-order valence-corrected chi connectivity index (χ4v) is 4.44. The van der Waals surface area contributed by atoms with E-state index in [1.54, 1.807) is 12.1 Å². The lowest BCUT2D eigenvalue weighted by Gasteiger charge is -2.52. The molecule has 13 heteroatoms. The van der Waals surface area contributed by atoms with Crippen LogP contribution in [0.1, 0.15) is 34.6 Å². The molecule has 1 N–H and O–H groups in total. The first-order valence-corrected chi connectivity index (χ1v) is 11.6. The number of ether oxygens (including phenoxy) is 6. The van der Waals surface area contributed by atoms with Crippen molar-refractivity contribution in [1.82, 2.24) is 5.32 Å². The van der Waals surface area contributed by atoms with Gasteiger partial charge in [0.05, 0.1) is 5.02 Å². The minimum atomic E-state index is -1.80. The van der Waals surface area contributed by atoms with E-state index in [9.17, 15) is 19.2 Å². The Hall–Kier alpha value is -2.41. The largest absolute Gasteiger partial charge is 0.459 e. The lowest BCUT2D eigenvalue weighted by molar-refractivity contribution is -0.342. The van der Waals surface area contributed by atoms with Gasteiger partial charge in [0, 0.05) is 32.2 Å².